The highest BCUT2D eigenvalue weighted by atomic mass is 19.3. The summed E-state index contributed by atoms with van der Waals surface area (Å²) in [6.07, 6.45) is 4.23. The Balaban J connectivity index is 1.67. The third-order valence-corrected chi connectivity index (χ3v) is 5.85. The summed E-state index contributed by atoms with van der Waals surface area (Å²) in [7, 11) is 0. The van der Waals surface area contributed by atoms with Crippen LogP contribution in [0.1, 0.15) is 49.0 Å². The molecule has 3 heterocycles. The van der Waals surface area contributed by atoms with Crippen LogP contribution < -0.4 is 10.6 Å². The number of rotatable bonds is 7. The first kappa shape index (κ1) is 23.5. The average molecular weight is 471 g/mol. The van der Waals surface area contributed by atoms with Crippen LogP contribution in [0.2, 0.25) is 0 Å². The number of nitriles is 1. The van der Waals surface area contributed by atoms with Crippen molar-refractivity contribution in [3.63, 3.8) is 0 Å². The van der Waals surface area contributed by atoms with E-state index in [2.05, 4.69) is 25.7 Å². The molecule has 1 aliphatic carbocycles. The number of hydrogen-bond acceptors (Lipinski definition) is 6. The van der Waals surface area contributed by atoms with Crippen molar-refractivity contribution in [1.82, 2.24) is 24.9 Å². The molecule has 0 bridgehead atoms. The van der Waals surface area contributed by atoms with E-state index in [1.165, 1.54) is 29.3 Å². The highest BCUT2D eigenvalue weighted by molar-refractivity contribution is 6.00. The quantitative estimate of drug-likeness (QED) is 0.540. The molecule has 4 rings (SSSR count). The summed E-state index contributed by atoms with van der Waals surface area (Å²) in [5.74, 6) is -3.57. The lowest BCUT2D eigenvalue weighted by atomic mass is 10.1. The zero-order chi connectivity index (χ0) is 24.5. The fourth-order valence-corrected chi connectivity index (χ4v) is 3.83. The van der Waals surface area contributed by atoms with Crippen molar-refractivity contribution in [1.29, 1.82) is 5.26 Å². The van der Waals surface area contributed by atoms with Gasteiger partial charge in [0, 0.05) is 37.8 Å². The van der Waals surface area contributed by atoms with Crippen LogP contribution in [0.15, 0.2) is 30.9 Å². The number of carbonyl (C=O) groups is 1. The van der Waals surface area contributed by atoms with Gasteiger partial charge < -0.3 is 10.6 Å². The molecule has 2 atom stereocenters. The van der Waals surface area contributed by atoms with E-state index >= 15 is 0 Å². The highest BCUT2D eigenvalue weighted by Crippen LogP contribution is 2.37. The third kappa shape index (κ3) is 4.95. The highest BCUT2D eigenvalue weighted by Gasteiger charge is 2.39. The van der Waals surface area contributed by atoms with Gasteiger partial charge >= 0.3 is 0 Å². The van der Waals surface area contributed by atoms with E-state index in [1.807, 2.05) is 6.07 Å². The number of aromatic nitrogens is 4. The van der Waals surface area contributed by atoms with Crippen LogP contribution in [0.4, 0.5) is 18.9 Å². The second-order valence-electron chi connectivity index (χ2n) is 8.81. The Morgan fingerprint density at radius 3 is 2.79 bits per heavy atom. The molecule has 1 fully saturated rings. The first-order valence-corrected chi connectivity index (χ1v) is 11.0. The molecule has 11 heteroatoms. The summed E-state index contributed by atoms with van der Waals surface area (Å²) >= 11 is 0. The van der Waals surface area contributed by atoms with Crippen molar-refractivity contribution in [3.8, 4) is 17.3 Å². The van der Waals surface area contributed by atoms with Crippen LogP contribution in [0.25, 0.3) is 16.9 Å². The van der Waals surface area contributed by atoms with Gasteiger partial charge in [0.2, 0.25) is 5.92 Å². The third-order valence-electron chi connectivity index (χ3n) is 5.85. The number of nitrogens with one attached hydrogen (secondary N) is 2. The molecular weight excluding hydrogens is 447 g/mol. The van der Waals surface area contributed by atoms with Crippen LogP contribution in [0.3, 0.4) is 0 Å². The number of hydrogen-bond donors (Lipinski definition) is 2. The lowest BCUT2D eigenvalue weighted by molar-refractivity contribution is 0.00852. The lowest BCUT2D eigenvalue weighted by Gasteiger charge is -2.19. The summed E-state index contributed by atoms with van der Waals surface area (Å²) in [5.41, 5.74) is 2.18. The van der Waals surface area contributed by atoms with E-state index in [9.17, 15) is 18.0 Å². The monoisotopic (exact) mass is 471 g/mol. The molecule has 3 aromatic rings. The van der Waals surface area contributed by atoms with Gasteiger partial charge in [-0.15, -0.1) is 0 Å². The molecule has 0 radical (unpaired) electrons. The number of halogens is 3. The number of fused-ring (bicyclic) bond motifs is 1. The fraction of sp³-hybridized carbons (Fsp3) is 0.435. The van der Waals surface area contributed by atoms with E-state index in [0.717, 1.165) is 0 Å². The topological polar surface area (TPSA) is 108 Å². The zero-order valence-corrected chi connectivity index (χ0v) is 18.7. The maximum absolute atomic E-state index is 14.0. The van der Waals surface area contributed by atoms with E-state index in [4.69, 9.17) is 5.26 Å². The smallest absolute Gasteiger partial charge is 0.255 e. The molecule has 8 nitrogen and oxygen atoms in total. The number of nitrogens with zero attached hydrogens (tertiary/aromatic N) is 5. The van der Waals surface area contributed by atoms with Crippen LogP contribution in [-0.4, -0.2) is 50.2 Å². The largest absolute Gasteiger partial charge is 0.381 e. The number of anilines is 1. The second kappa shape index (κ2) is 9.29. The first-order valence-electron chi connectivity index (χ1n) is 11.0. The molecule has 0 aromatic carbocycles. The summed E-state index contributed by atoms with van der Waals surface area (Å²) < 4.78 is 43.0. The van der Waals surface area contributed by atoms with Gasteiger partial charge in [-0.3, -0.25) is 9.78 Å². The van der Waals surface area contributed by atoms with Gasteiger partial charge in [-0.1, -0.05) is 13.8 Å². The number of pyridine rings is 1. The number of carbonyl (C=O) groups excluding carboxylic acids is 1. The van der Waals surface area contributed by atoms with Crippen LogP contribution >= 0.6 is 0 Å². The molecule has 1 aliphatic rings. The van der Waals surface area contributed by atoms with Crippen molar-refractivity contribution in [3.05, 3.63) is 42.0 Å². The molecule has 0 saturated heterocycles. The Labute approximate surface area is 194 Å². The second-order valence-corrected chi connectivity index (χ2v) is 8.81. The minimum absolute atomic E-state index is 0.131. The maximum atomic E-state index is 14.0. The molecule has 1 saturated carbocycles. The molecule has 34 heavy (non-hydrogen) atoms. The van der Waals surface area contributed by atoms with E-state index in [0.29, 0.717) is 28.2 Å². The SMILES string of the molecule is CC(C)C(F)CNC(=O)c1cnc(-c2cnn3cc(C#N)cnc23)cc1NC1CCC(F)(F)C1. The fourth-order valence-electron chi connectivity index (χ4n) is 3.83. The number of amides is 1. The van der Waals surface area contributed by atoms with Gasteiger partial charge in [0.25, 0.3) is 5.91 Å². The van der Waals surface area contributed by atoms with E-state index in [1.54, 1.807) is 19.9 Å². The Hall–Kier alpha value is -3.68. The van der Waals surface area contributed by atoms with Crippen molar-refractivity contribution in [2.45, 2.75) is 51.2 Å². The molecule has 3 aromatic heterocycles. The van der Waals surface area contributed by atoms with Crippen molar-refractivity contribution in [2.24, 2.45) is 5.92 Å². The normalized spacial score (nSPS) is 18.1. The summed E-state index contributed by atoms with van der Waals surface area (Å²) in [5, 5.41) is 18.9. The molecule has 2 N–H and O–H groups in total. The predicted molar refractivity (Wildman–Crippen MR) is 119 cm³/mol. The average Bonchev–Trinajstić information content (AvgIpc) is 3.38. The molecule has 1 amide bonds. The van der Waals surface area contributed by atoms with Gasteiger partial charge in [0.05, 0.1) is 40.5 Å². The minimum atomic E-state index is -2.76. The Morgan fingerprint density at radius 1 is 1.32 bits per heavy atom. The van der Waals surface area contributed by atoms with Gasteiger partial charge in [0.15, 0.2) is 5.65 Å². The molecule has 178 valence electrons. The number of alkyl halides is 3. The van der Waals surface area contributed by atoms with Gasteiger partial charge in [-0.25, -0.2) is 22.7 Å². The lowest BCUT2D eigenvalue weighted by Crippen LogP contribution is -2.33. The van der Waals surface area contributed by atoms with Gasteiger partial charge in [-0.05, 0) is 18.4 Å². The summed E-state index contributed by atoms with van der Waals surface area (Å²) in [4.78, 5) is 21.4. The van der Waals surface area contributed by atoms with Crippen molar-refractivity contribution in [2.75, 3.05) is 11.9 Å². The first-order chi connectivity index (χ1) is 16.2. The molecule has 2 unspecified atom stereocenters. The Kier molecular flexibility index (Phi) is 6.41. The van der Waals surface area contributed by atoms with E-state index in [-0.39, 0.29) is 37.3 Å². The van der Waals surface area contributed by atoms with Crippen LogP contribution in [0.5, 0.6) is 0 Å². The molecule has 0 aliphatic heterocycles. The standard InChI is InChI=1S/C23H24F3N7O/c1-13(2)18(24)11-30-22(34)17-9-28-19(5-20(17)32-15-3-4-23(25,26)6-15)16-10-31-33-12-14(7-27)8-29-21(16)33/h5,8-10,12-13,15,18H,3-4,6,11H2,1-2H3,(H,28,32)(H,30,34). The Morgan fingerprint density at radius 2 is 2.12 bits per heavy atom. The summed E-state index contributed by atoms with van der Waals surface area (Å²) in [6, 6.07) is 3.04. The zero-order valence-electron chi connectivity index (χ0n) is 18.7. The maximum Gasteiger partial charge on any atom is 0.255 e. The van der Waals surface area contributed by atoms with Crippen LogP contribution in [0, 0.1) is 17.2 Å². The molecular formula is C23H24F3N7O. The van der Waals surface area contributed by atoms with E-state index < -0.39 is 24.0 Å². The van der Waals surface area contributed by atoms with Crippen LogP contribution in [-0.2, 0) is 0 Å². The van der Waals surface area contributed by atoms with Gasteiger partial charge in [0.1, 0.15) is 12.2 Å². The predicted octanol–water partition coefficient (Wildman–Crippen LogP) is 3.99. The van der Waals surface area contributed by atoms with Crippen molar-refractivity contribution >= 4 is 17.2 Å². The Bertz CT molecular complexity index is 1250. The molecule has 0 spiro atoms. The van der Waals surface area contributed by atoms with Crippen molar-refractivity contribution < 1.29 is 18.0 Å². The van der Waals surface area contributed by atoms with Gasteiger partial charge in [-0.2, -0.15) is 10.4 Å². The summed E-state index contributed by atoms with van der Waals surface area (Å²) in [6.45, 7) is 3.26. The minimum Gasteiger partial charge on any atom is -0.381 e.